The highest BCUT2D eigenvalue weighted by Gasteiger charge is 2.16. The molecule has 0 aromatic rings. The molecular weight excluding hydrogens is 210 g/mol. The Balaban J connectivity index is 2.05. The number of rotatable bonds is 6. The summed E-state index contributed by atoms with van der Waals surface area (Å²) < 4.78 is 9.90. The zero-order chi connectivity index (χ0) is 11.8. The summed E-state index contributed by atoms with van der Waals surface area (Å²) in [6.07, 6.45) is 2.06. The van der Waals surface area contributed by atoms with Gasteiger partial charge in [0.1, 0.15) is 0 Å². The zero-order valence-electron chi connectivity index (χ0n) is 9.85. The molecule has 1 heterocycles. The molecular formula is C11H21NO4. The molecule has 0 bridgehead atoms. The lowest BCUT2D eigenvalue weighted by Crippen LogP contribution is -2.40. The third-order valence-corrected chi connectivity index (χ3v) is 2.73. The predicted molar refractivity (Wildman–Crippen MR) is 58.9 cm³/mol. The lowest BCUT2D eigenvalue weighted by atomic mass is 10.1. The highest BCUT2D eigenvalue weighted by atomic mass is 16.6. The smallest absolute Gasteiger partial charge is 0.222 e. The molecule has 0 spiro atoms. The first-order valence-corrected chi connectivity index (χ1v) is 5.80. The van der Waals surface area contributed by atoms with E-state index in [1.54, 1.807) is 0 Å². The lowest BCUT2D eigenvalue weighted by Gasteiger charge is -2.26. The van der Waals surface area contributed by atoms with Gasteiger partial charge in [-0.1, -0.05) is 0 Å². The molecule has 0 aromatic carbocycles. The van der Waals surface area contributed by atoms with E-state index in [1.807, 2.05) is 4.90 Å². The molecule has 0 aromatic heterocycles. The number of ether oxygens (including phenoxy) is 2. The van der Waals surface area contributed by atoms with Crippen molar-refractivity contribution in [1.29, 1.82) is 0 Å². The van der Waals surface area contributed by atoms with E-state index in [2.05, 4.69) is 0 Å². The van der Waals surface area contributed by atoms with Gasteiger partial charge >= 0.3 is 0 Å². The Labute approximate surface area is 96.3 Å². The second-order valence-electron chi connectivity index (χ2n) is 3.93. The first-order chi connectivity index (χ1) is 7.74. The number of aliphatic hydroxyl groups is 1. The highest BCUT2D eigenvalue weighted by molar-refractivity contribution is 5.76. The number of carbonyl (C=O) groups is 1. The van der Waals surface area contributed by atoms with E-state index in [0.717, 1.165) is 12.8 Å². The molecule has 16 heavy (non-hydrogen) atoms. The van der Waals surface area contributed by atoms with Gasteiger partial charge in [-0.25, -0.2) is 0 Å². The van der Waals surface area contributed by atoms with Crippen molar-refractivity contribution in [2.75, 3.05) is 33.4 Å². The van der Waals surface area contributed by atoms with Gasteiger partial charge in [-0.05, 0) is 19.3 Å². The summed E-state index contributed by atoms with van der Waals surface area (Å²) in [7, 11) is 1.48. The summed E-state index contributed by atoms with van der Waals surface area (Å²) >= 11 is 0. The number of carbonyl (C=O) groups excluding carboxylic acids is 1. The fraction of sp³-hybridized carbons (Fsp3) is 0.909. The Morgan fingerprint density at radius 2 is 2.12 bits per heavy atom. The number of aliphatic hydroxyl groups excluding tert-OH is 1. The highest BCUT2D eigenvalue weighted by Crippen LogP contribution is 2.07. The molecule has 0 aliphatic carbocycles. The second-order valence-corrected chi connectivity index (χ2v) is 3.93. The molecule has 0 radical (unpaired) electrons. The van der Waals surface area contributed by atoms with Crippen LogP contribution in [0.5, 0.6) is 0 Å². The SMILES string of the molecule is COC(O)CCCCC(=O)N1CCOCC1. The van der Waals surface area contributed by atoms with Gasteiger partial charge in [-0.15, -0.1) is 0 Å². The fourth-order valence-corrected chi connectivity index (χ4v) is 1.68. The first kappa shape index (κ1) is 13.4. The number of hydrogen-bond acceptors (Lipinski definition) is 4. The first-order valence-electron chi connectivity index (χ1n) is 5.80. The van der Waals surface area contributed by atoms with E-state index in [4.69, 9.17) is 14.6 Å². The summed E-state index contributed by atoms with van der Waals surface area (Å²) in [4.78, 5) is 13.5. The number of nitrogens with zero attached hydrogens (tertiary/aromatic N) is 1. The van der Waals surface area contributed by atoms with Gasteiger partial charge in [0, 0.05) is 26.6 Å². The molecule has 1 aliphatic heterocycles. The third-order valence-electron chi connectivity index (χ3n) is 2.73. The number of hydrogen-bond donors (Lipinski definition) is 1. The van der Waals surface area contributed by atoms with E-state index < -0.39 is 6.29 Å². The van der Waals surface area contributed by atoms with Gasteiger partial charge in [0.05, 0.1) is 13.2 Å². The van der Waals surface area contributed by atoms with E-state index in [-0.39, 0.29) is 5.91 Å². The monoisotopic (exact) mass is 231 g/mol. The predicted octanol–water partition coefficient (Wildman–Crippen LogP) is 0.370. The van der Waals surface area contributed by atoms with Crippen molar-refractivity contribution in [3.63, 3.8) is 0 Å². The molecule has 94 valence electrons. The summed E-state index contributed by atoms with van der Waals surface area (Å²) in [6, 6.07) is 0. The van der Waals surface area contributed by atoms with Gasteiger partial charge in [0.2, 0.25) is 5.91 Å². The van der Waals surface area contributed by atoms with Crippen molar-refractivity contribution in [3.05, 3.63) is 0 Å². The average Bonchev–Trinajstić information content (AvgIpc) is 2.35. The Morgan fingerprint density at radius 3 is 2.75 bits per heavy atom. The second kappa shape index (κ2) is 7.60. The molecule has 1 amide bonds. The summed E-state index contributed by atoms with van der Waals surface area (Å²) in [5.74, 6) is 0.190. The van der Waals surface area contributed by atoms with Crippen LogP contribution in [0.4, 0.5) is 0 Å². The largest absolute Gasteiger partial charge is 0.378 e. The maximum absolute atomic E-state index is 11.7. The average molecular weight is 231 g/mol. The van der Waals surface area contributed by atoms with Crippen LogP contribution in [-0.4, -0.2) is 55.6 Å². The Bertz CT molecular complexity index is 204. The van der Waals surface area contributed by atoms with Crippen molar-refractivity contribution in [2.45, 2.75) is 32.0 Å². The van der Waals surface area contributed by atoms with Crippen LogP contribution in [0.25, 0.3) is 0 Å². The summed E-state index contributed by atoms with van der Waals surface area (Å²) in [5, 5.41) is 9.14. The van der Waals surface area contributed by atoms with Gasteiger partial charge < -0.3 is 19.5 Å². The van der Waals surface area contributed by atoms with Gasteiger partial charge in [-0.2, -0.15) is 0 Å². The van der Waals surface area contributed by atoms with Crippen molar-refractivity contribution in [1.82, 2.24) is 4.90 Å². The van der Waals surface area contributed by atoms with Crippen molar-refractivity contribution >= 4 is 5.91 Å². The molecule has 1 saturated heterocycles. The minimum absolute atomic E-state index is 0.190. The molecule has 1 N–H and O–H groups in total. The van der Waals surface area contributed by atoms with Crippen molar-refractivity contribution in [2.24, 2.45) is 0 Å². The molecule has 0 saturated carbocycles. The van der Waals surface area contributed by atoms with Crippen LogP contribution in [0.1, 0.15) is 25.7 Å². The molecule has 5 nitrogen and oxygen atoms in total. The molecule has 1 atom stereocenters. The van der Waals surface area contributed by atoms with E-state index in [9.17, 15) is 4.79 Å². The number of unbranched alkanes of at least 4 members (excludes halogenated alkanes) is 1. The van der Waals surface area contributed by atoms with Crippen LogP contribution in [0, 0.1) is 0 Å². The van der Waals surface area contributed by atoms with Gasteiger partial charge in [0.25, 0.3) is 0 Å². The Morgan fingerprint density at radius 1 is 1.44 bits per heavy atom. The minimum Gasteiger partial charge on any atom is -0.378 e. The van der Waals surface area contributed by atoms with E-state index in [0.29, 0.717) is 39.1 Å². The van der Waals surface area contributed by atoms with Crippen LogP contribution >= 0.6 is 0 Å². The Kier molecular flexibility index (Phi) is 6.37. The lowest BCUT2D eigenvalue weighted by molar-refractivity contribution is -0.135. The molecule has 1 unspecified atom stereocenters. The van der Waals surface area contributed by atoms with E-state index >= 15 is 0 Å². The molecule has 1 rings (SSSR count). The number of morpholine rings is 1. The fourth-order valence-electron chi connectivity index (χ4n) is 1.68. The summed E-state index contributed by atoms with van der Waals surface area (Å²) in [5.41, 5.74) is 0. The molecule has 5 heteroatoms. The van der Waals surface area contributed by atoms with Crippen LogP contribution in [0.15, 0.2) is 0 Å². The third kappa shape index (κ3) is 4.92. The van der Waals surface area contributed by atoms with Crippen LogP contribution in [0.2, 0.25) is 0 Å². The van der Waals surface area contributed by atoms with Crippen molar-refractivity contribution < 1.29 is 19.4 Å². The van der Waals surface area contributed by atoms with Crippen LogP contribution < -0.4 is 0 Å². The summed E-state index contributed by atoms with van der Waals surface area (Å²) in [6.45, 7) is 2.71. The van der Waals surface area contributed by atoms with Gasteiger partial charge in [-0.3, -0.25) is 4.79 Å². The normalized spacial score (nSPS) is 18.5. The van der Waals surface area contributed by atoms with E-state index in [1.165, 1.54) is 7.11 Å². The number of methoxy groups -OCH3 is 1. The topological polar surface area (TPSA) is 59.0 Å². The Hall–Kier alpha value is -0.650. The molecule has 1 aliphatic rings. The zero-order valence-corrected chi connectivity index (χ0v) is 9.85. The standard InChI is InChI=1S/C11H21NO4/c1-15-11(14)5-3-2-4-10(13)12-6-8-16-9-7-12/h11,14H,2-9H2,1H3. The quantitative estimate of drug-likeness (QED) is 0.530. The van der Waals surface area contributed by atoms with Crippen molar-refractivity contribution in [3.8, 4) is 0 Å². The minimum atomic E-state index is -0.696. The maximum Gasteiger partial charge on any atom is 0.222 e. The van der Waals surface area contributed by atoms with Crippen LogP contribution in [-0.2, 0) is 14.3 Å². The van der Waals surface area contributed by atoms with Gasteiger partial charge in [0.15, 0.2) is 6.29 Å². The maximum atomic E-state index is 11.7. The number of amides is 1. The van der Waals surface area contributed by atoms with Crippen LogP contribution in [0.3, 0.4) is 0 Å². The molecule has 1 fully saturated rings.